The topological polar surface area (TPSA) is 49.7 Å². The first kappa shape index (κ1) is 16.2. The zero-order valence-corrected chi connectivity index (χ0v) is 15.6. The maximum Gasteiger partial charge on any atom is 0.293 e. The molecular weight excluding hydrogens is 342 g/mol. The molecule has 5 rings (SSSR count). The number of fused-ring (bicyclic) bond motifs is 7. The van der Waals surface area contributed by atoms with Gasteiger partial charge in [0.15, 0.2) is 5.75 Å². The molecule has 0 saturated carbocycles. The van der Waals surface area contributed by atoms with Crippen molar-refractivity contribution in [3.63, 3.8) is 0 Å². The molecule has 0 spiro atoms. The summed E-state index contributed by atoms with van der Waals surface area (Å²) in [4.78, 5) is 13.1. The van der Waals surface area contributed by atoms with Gasteiger partial charge in [0.25, 0.3) is 5.56 Å². The lowest BCUT2D eigenvalue weighted by molar-refractivity contribution is 0.0440. The van der Waals surface area contributed by atoms with Crippen molar-refractivity contribution in [1.82, 2.24) is 4.57 Å². The van der Waals surface area contributed by atoms with E-state index >= 15 is 0 Å². The third kappa shape index (κ3) is 2.02. The van der Waals surface area contributed by atoms with Crippen molar-refractivity contribution in [2.75, 3.05) is 13.7 Å². The van der Waals surface area contributed by atoms with Gasteiger partial charge in [-0.05, 0) is 38.1 Å². The number of hydrogen-bond acceptors (Lipinski definition) is 4. The van der Waals surface area contributed by atoms with Crippen molar-refractivity contribution in [2.24, 2.45) is 0 Å². The summed E-state index contributed by atoms with van der Waals surface area (Å²) in [6, 6.07) is 13.8. The highest BCUT2D eigenvalue weighted by atomic mass is 16.5. The molecule has 2 aliphatic rings. The van der Waals surface area contributed by atoms with Crippen LogP contribution in [0.3, 0.4) is 0 Å². The minimum absolute atomic E-state index is 0.00428. The number of hydrogen-bond donors (Lipinski definition) is 0. The number of benzene rings is 2. The van der Waals surface area contributed by atoms with Crippen LogP contribution in [-0.4, -0.2) is 18.3 Å². The fourth-order valence-corrected chi connectivity index (χ4v) is 4.58. The largest absolute Gasteiger partial charge is 0.497 e. The molecule has 2 atom stereocenters. The Balaban J connectivity index is 1.82. The molecule has 5 nitrogen and oxygen atoms in total. The van der Waals surface area contributed by atoms with Gasteiger partial charge in [-0.15, -0.1) is 0 Å². The molecule has 1 aromatic heterocycles. The van der Waals surface area contributed by atoms with Gasteiger partial charge in [0, 0.05) is 17.5 Å². The number of methoxy groups -OCH3 is 1. The number of pyridine rings is 1. The molecule has 0 N–H and O–H groups in total. The summed E-state index contributed by atoms with van der Waals surface area (Å²) in [5.74, 6) is 2.02. The molecule has 5 heteroatoms. The van der Waals surface area contributed by atoms with Gasteiger partial charge in [-0.2, -0.15) is 0 Å². The van der Waals surface area contributed by atoms with Crippen LogP contribution in [0.4, 0.5) is 0 Å². The van der Waals surface area contributed by atoms with Gasteiger partial charge in [-0.3, -0.25) is 4.79 Å². The van der Waals surface area contributed by atoms with Crippen LogP contribution < -0.4 is 19.8 Å². The monoisotopic (exact) mass is 363 g/mol. The Morgan fingerprint density at radius 3 is 2.85 bits per heavy atom. The first-order valence-corrected chi connectivity index (χ1v) is 9.24. The third-order valence-corrected chi connectivity index (χ3v) is 5.92. The van der Waals surface area contributed by atoms with Crippen LogP contribution in [0.1, 0.15) is 30.9 Å². The summed E-state index contributed by atoms with van der Waals surface area (Å²) < 4.78 is 19.7. The fourth-order valence-electron chi connectivity index (χ4n) is 4.58. The van der Waals surface area contributed by atoms with Crippen LogP contribution in [-0.2, 0) is 12.1 Å². The minimum Gasteiger partial charge on any atom is -0.497 e. The van der Waals surface area contributed by atoms with Gasteiger partial charge < -0.3 is 18.8 Å². The highest BCUT2D eigenvalue weighted by Crippen LogP contribution is 2.56. The molecule has 0 radical (unpaired) electrons. The van der Waals surface area contributed by atoms with Gasteiger partial charge >= 0.3 is 0 Å². The fraction of sp³-hybridized carbons (Fsp3) is 0.318. The van der Waals surface area contributed by atoms with E-state index in [1.54, 1.807) is 11.7 Å². The van der Waals surface area contributed by atoms with Gasteiger partial charge in [0.1, 0.15) is 17.1 Å². The predicted molar refractivity (Wildman–Crippen MR) is 103 cm³/mol. The van der Waals surface area contributed by atoms with Crippen molar-refractivity contribution < 1.29 is 14.2 Å². The number of rotatable bonds is 2. The second-order valence-corrected chi connectivity index (χ2v) is 7.25. The quantitative estimate of drug-likeness (QED) is 0.695. The van der Waals surface area contributed by atoms with Crippen molar-refractivity contribution in [2.45, 2.75) is 31.9 Å². The predicted octanol–water partition coefficient (Wildman–Crippen LogP) is 3.81. The summed E-state index contributed by atoms with van der Waals surface area (Å²) in [5.41, 5.74) is 2.06. The average molecular weight is 363 g/mol. The maximum absolute atomic E-state index is 13.1. The van der Waals surface area contributed by atoms with E-state index in [0.29, 0.717) is 18.9 Å². The Bertz CT molecular complexity index is 1130. The smallest absolute Gasteiger partial charge is 0.293 e. The van der Waals surface area contributed by atoms with Gasteiger partial charge in [0.05, 0.1) is 30.7 Å². The summed E-state index contributed by atoms with van der Waals surface area (Å²) >= 11 is 0. The van der Waals surface area contributed by atoms with Crippen LogP contribution in [0, 0.1) is 0 Å². The van der Waals surface area contributed by atoms with Crippen LogP contribution >= 0.6 is 0 Å². The van der Waals surface area contributed by atoms with Gasteiger partial charge in [-0.25, -0.2) is 0 Å². The molecule has 3 heterocycles. The van der Waals surface area contributed by atoms with Crippen LogP contribution in [0.2, 0.25) is 0 Å². The Hall–Kier alpha value is -2.95. The highest BCUT2D eigenvalue weighted by molar-refractivity contribution is 5.86. The lowest BCUT2D eigenvalue weighted by atomic mass is 9.77. The zero-order valence-electron chi connectivity index (χ0n) is 15.6. The van der Waals surface area contributed by atoms with Crippen LogP contribution in [0.5, 0.6) is 17.2 Å². The molecule has 2 aromatic carbocycles. The minimum atomic E-state index is -0.659. The number of nitrogens with zero attached hydrogens (tertiary/aromatic N) is 1. The lowest BCUT2D eigenvalue weighted by Gasteiger charge is -2.37. The van der Waals surface area contributed by atoms with E-state index in [2.05, 4.69) is 6.92 Å². The molecule has 138 valence electrons. The second-order valence-electron chi connectivity index (χ2n) is 7.25. The normalized spacial score (nSPS) is 22.4. The van der Waals surface area contributed by atoms with E-state index in [1.807, 2.05) is 49.4 Å². The SMILES string of the molecule is CCn1c(=O)c2c(c3ccccc31)C1(C)Oc3ccc(OC)cc3C1CO2. The summed E-state index contributed by atoms with van der Waals surface area (Å²) in [6.45, 7) is 5.03. The van der Waals surface area contributed by atoms with E-state index in [4.69, 9.17) is 14.2 Å². The molecular formula is C22H21NO4. The molecule has 0 saturated heterocycles. The van der Waals surface area contributed by atoms with E-state index in [9.17, 15) is 4.79 Å². The average Bonchev–Trinajstić information content (AvgIpc) is 2.99. The summed E-state index contributed by atoms with van der Waals surface area (Å²) in [6.07, 6.45) is 0. The Morgan fingerprint density at radius 1 is 1.26 bits per heavy atom. The molecule has 2 aliphatic heterocycles. The lowest BCUT2D eigenvalue weighted by Crippen LogP contribution is -2.42. The Labute approximate surface area is 157 Å². The number of aromatic nitrogens is 1. The Kier molecular flexibility index (Phi) is 3.32. The third-order valence-electron chi connectivity index (χ3n) is 5.92. The van der Waals surface area contributed by atoms with E-state index in [1.165, 1.54) is 0 Å². The first-order valence-electron chi connectivity index (χ1n) is 9.24. The Morgan fingerprint density at radius 2 is 2.07 bits per heavy atom. The first-order chi connectivity index (χ1) is 13.1. The number of para-hydroxylation sites is 1. The molecule has 0 fully saturated rings. The van der Waals surface area contributed by atoms with Crippen LogP contribution in [0.25, 0.3) is 10.9 Å². The van der Waals surface area contributed by atoms with Crippen molar-refractivity contribution in [3.8, 4) is 17.2 Å². The van der Waals surface area contributed by atoms with E-state index in [-0.39, 0.29) is 11.5 Å². The molecule has 27 heavy (non-hydrogen) atoms. The standard InChI is InChI=1S/C22H21NO4/c1-4-23-17-8-6-5-7-14(17)19-20(21(23)24)26-12-16-15-11-13(25-3)9-10-18(15)27-22(16,19)2/h5-11,16H,4,12H2,1-3H3. The van der Waals surface area contributed by atoms with Gasteiger partial charge in [0.2, 0.25) is 0 Å². The second kappa shape index (κ2) is 5.52. The van der Waals surface area contributed by atoms with Crippen molar-refractivity contribution >= 4 is 10.9 Å². The molecule has 0 amide bonds. The number of ether oxygens (including phenoxy) is 3. The van der Waals surface area contributed by atoms with E-state index < -0.39 is 5.60 Å². The van der Waals surface area contributed by atoms with Crippen LogP contribution in [0.15, 0.2) is 47.3 Å². The molecule has 0 bridgehead atoms. The molecule has 0 aliphatic carbocycles. The van der Waals surface area contributed by atoms with Crippen molar-refractivity contribution in [1.29, 1.82) is 0 Å². The molecule has 2 unspecified atom stereocenters. The zero-order chi connectivity index (χ0) is 18.8. The molecule has 3 aromatic rings. The van der Waals surface area contributed by atoms with Gasteiger partial charge in [-0.1, -0.05) is 18.2 Å². The van der Waals surface area contributed by atoms with E-state index in [0.717, 1.165) is 33.5 Å². The summed E-state index contributed by atoms with van der Waals surface area (Å²) in [7, 11) is 1.66. The highest BCUT2D eigenvalue weighted by Gasteiger charge is 2.52. The maximum atomic E-state index is 13.1. The van der Waals surface area contributed by atoms with Crippen molar-refractivity contribution in [3.05, 3.63) is 63.9 Å². The number of aryl methyl sites for hydroxylation is 1. The summed E-state index contributed by atoms with van der Waals surface area (Å²) in [5, 5.41) is 1.00.